The monoisotopic (exact) mass is 233 g/mol. The average Bonchev–Trinajstić information content (AvgIpc) is 2.67. The smallest absolute Gasteiger partial charge is 0.151 e. The molecule has 2 aliphatic heterocycles. The molecule has 2 saturated heterocycles. The van der Waals surface area contributed by atoms with Crippen molar-refractivity contribution in [3.05, 3.63) is 0 Å². The first-order valence-electron chi connectivity index (χ1n) is 5.58. The largest absolute Gasteiger partial charge is 0.381 e. The van der Waals surface area contributed by atoms with Crippen LogP contribution in [0.2, 0.25) is 0 Å². The molecule has 2 aliphatic rings. The highest BCUT2D eigenvalue weighted by Gasteiger charge is 2.33. The van der Waals surface area contributed by atoms with Crippen LogP contribution >= 0.6 is 0 Å². The van der Waals surface area contributed by atoms with Crippen LogP contribution in [0.4, 0.5) is 0 Å². The highest BCUT2D eigenvalue weighted by Crippen LogP contribution is 2.23. The Morgan fingerprint density at radius 3 is 2.40 bits per heavy atom. The molecule has 1 unspecified atom stereocenters. The summed E-state index contributed by atoms with van der Waals surface area (Å²) in [6.45, 7) is 3.31. The zero-order valence-corrected chi connectivity index (χ0v) is 10.0. The quantitative estimate of drug-likeness (QED) is 0.687. The Morgan fingerprint density at radius 2 is 1.87 bits per heavy atom. The number of hydrogen-bond acceptors (Lipinski definition) is 4. The third kappa shape index (κ3) is 2.71. The van der Waals surface area contributed by atoms with Crippen molar-refractivity contribution < 1.29 is 13.2 Å². The maximum absolute atomic E-state index is 11.4. The minimum absolute atomic E-state index is 0.139. The summed E-state index contributed by atoms with van der Waals surface area (Å²) in [5, 5.41) is -0.139. The number of rotatable bonds is 2. The van der Waals surface area contributed by atoms with E-state index in [1.54, 1.807) is 0 Å². The van der Waals surface area contributed by atoms with E-state index in [4.69, 9.17) is 4.74 Å². The molecular formula is C10H19NO3S. The van der Waals surface area contributed by atoms with Crippen LogP contribution in [-0.4, -0.2) is 57.2 Å². The Morgan fingerprint density at radius 1 is 1.20 bits per heavy atom. The van der Waals surface area contributed by atoms with E-state index in [2.05, 4.69) is 4.90 Å². The zero-order chi connectivity index (χ0) is 10.9. The van der Waals surface area contributed by atoms with Crippen LogP contribution in [0.1, 0.15) is 19.3 Å². The van der Waals surface area contributed by atoms with E-state index in [1.165, 1.54) is 6.26 Å². The molecule has 5 heteroatoms. The Balaban J connectivity index is 1.92. The molecule has 2 rings (SSSR count). The summed E-state index contributed by atoms with van der Waals surface area (Å²) in [6, 6.07) is 0.547. The maximum Gasteiger partial charge on any atom is 0.151 e. The van der Waals surface area contributed by atoms with Gasteiger partial charge in [-0.25, -0.2) is 8.42 Å². The van der Waals surface area contributed by atoms with Crippen molar-refractivity contribution in [3.63, 3.8) is 0 Å². The highest BCUT2D eigenvalue weighted by molar-refractivity contribution is 7.91. The molecule has 0 aromatic heterocycles. The molecule has 0 aromatic carbocycles. The molecule has 0 spiro atoms. The molecule has 1 atom stereocenters. The number of ether oxygens (including phenoxy) is 1. The van der Waals surface area contributed by atoms with E-state index in [0.29, 0.717) is 6.04 Å². The molecule has 2 fully saturated rings. The Kier molecular flexibility index (Phi) is 3.33. The third-order valence-electron chi connectivity index (χ3n) is 3.49. The molecule has 15 heavy (non-hydrogen) atoms. The van der Waals surface area contributed by atoms with Gasteiger partial charge in [-0.2, -0.15) is 0 Å². The van der Waals surface area contributed by atoms with Gasteiger partial charge in [0.05, 0.1) is 5.25 Å². The Labute approximate surface area is 91.5 Å². The van der Waals surface area contributed by atoms with Gasteiger partial charge in [0.2, 0.25) is 0 Å². The van der Waals surface area contributed by atoms with Gasteiger partial charge in [-0.05, 0) is 25.8 Å². The van der Waals surface area contributed by atoms with Crippen molar-refractivity contribution >= 4 is 9.84 Å². The summed E-state index contributed by atoms with van der Waals surface area (Å²) in [6.07, 6.45) is 4.26. The molecule has 88 valence electrons. The van der Waals surface area contributed by atoms with Gasteiger partial charge in [0, 0.05) is 32.1 Å². The second-order valence-electron chi connectivity index (χ2n) is 4.58. The minimum atomic E-state index is -2.85. The lowest BCUT2D eigenvalue weighted by Gasteiger charge is -2.30. The molecule has 0 radical (unpaired) electrons. The summed E-state index contributed by atoms with van der Waals surface area (Å²) in [4.78, 5) is 2.33. The number of hydrogen-bond donors (Lipinski definition) is 0. The number of nitrogens with zero attached hydrogens (tertiary/aromatic N) is 1. The van der Waals surface area contributed by atoms with E-state index in [1.807, 2.05) is 0 Å². The predicted octanol–water partition coefficient (Wildman–Crippen LogP) is 0.284. The fourth-order valence-electron chi connectivity index (χ4n) is 2.49. The van der Waals surface area contributed by atoms with Gasteiger partial charge in [0.15, 0.2) is 9.84 Å². The van der Waals surface area contributed by atoms with Crippen molar-refractivity contribution in [1.82, 2.24) is 4.90 Å². The first kappa shape index (κ1) is 11.4. The highest BCUT2D eigenvalue weighted by atomic mass is 32.2. The normalized spacial score (nSPS) is 30.9. The van der Waals surface area contributed by atoms with Crippen molar-refractivity contribution in [2.24, 2.45) is 0 Å². The summed E-state index contributed by atoms with van der Waals surface area (Å²) in [5.41, 5.74) is 0. The molecule has 0 bridgehead atoms. The average molecular weight is 233 g/mol. The second-order valence-corrected chi connectivity index (χ2v) is 6.90. The minimum Gasteiger partial charge on any atom is -0.381 e. The first-order chi connectivity index (χ1) is 7.07. The van der Waals surface area contributed by atoms with Gasteiger partial charge in [-0.15, -0.1) is 0 Å². The lowest BCUT2D eigenvalue weighted by atomic mass is 10.1. The van der Waals surface area contributed by atoms with Crippen molar-refractivity contribution in [2.45, 2.75) is 30.6 Å². The van der Waals surface area contributed by atoms with Crippen LogP contribution in [0, 0.1) is 0 Å². The molecule has 2 heterocycles. The standard InChI is InChI=1S/C10H19NO3S/c1-15(12,13)10-2-5-11(8-10)9-3-6-14-7-4-9/h9-10H,2-8H2,1H3. The van der Waals surface area contributed by atoms with Crippen LogP contribution in [0.15, 0.2) is 0 Å². The SMILES string of the molecule is CS(=O)(=O)C1CCN(C2CCOCC2)C1. The maximum atomic E-state index is 11.4. The number of likely N-dealkylation sites (tertiary alicyclic amines) is 1. The number of sulfone groups is 1. The van der Waals surface area contributed by atoms with Crippen LogP contribution in [0.25, 0.3) is 0 Å². The van der Waals surface area contributed by atoms with Gasteiger partial charge < -0.3 is 4.74 Å². The van der Waals surface area contributed by atoms with E-state index >= 15 is 0 Å². The summed E-state index contributed by atoms with van der Waals surface area (Å²) < 4.78 is 28.1. The van der Waals surface area contributed by atoms with Crippen LogP contribution in [0.5, 0.6) is 0 Å². The van der Waals surface area contributed by atoms with Crippen molar-refractivity contribution in [2.75, 3.05) is 32.6 Å². The van der Waals surface area contributed by atoms with E-state index in [0.717, 1.165) is 45.6 Å². The predicted molar refractivity (Wildman–Crippen MR) is 58.7 cm³/mol. The molecular weight excluding hydrogens is 214 g/mol. The third-order valence-corrected chi connectivity index (χ3v) is 5.08. The second kappa shape index (κ2) is 4.39. The van der Waals surface area contributed by atoms with E-state index < -0.39 is 9.84 Å². The fourth-order valence-corrected chi connectivity index (χ4v) is 3.48. The van der Waals surface area contributed by atoms with Gasteiger partial charge in [0.25, 0.3) is 0 Å². The topological polar surface area (TPSA) is 46.6 Å². The molecule has 0 saturated carbocycles. The van der Waals surface area contributed by atoms with Crippen molar-refractivity contribution in [3.8, 4) is 0 Å². The first-order valence-corrected chi connectivity index (χ1v) is 7.53. The van der Waals surface area contributed by atoms with Crippen LogP contribution in [0.3, 0.4) is 0 Å². The summed E-state index contributed by atoms with van der Waals surface area (Å²) >= 11 is 0. The lowest BCUT2D eigenvalue weighted by molar-refractivity contribution is 0.0425. The molecule has 0 amide bonds. The summed E-state index contributed by atoms with van der Waals surface area (Å²) in [5.74, 6) is 0. The zero-order valence-electron chi connectivity index (χ0n) is 9.18. The van der Waals surface area contributed by atoms with Crippen molar-refractivity contribution in [1.29, 1.82) is 0 Å². The van der Waals surface area contributed by atoms with Crippen LogP contribution < -0.4 is 0 Å². The van der Waals surface area contributed by atoms with Gasteiger partial charge in [-0.1, -0.05) is 0 Å². The molecule has 0 aromatic rings. The van der Waals surface area contributed by atoms with Gasteiger partial charge in [0.1, 0.15) is 0 Å². The van der Waals surface area contributed by atoms with Gasteiger partial charge >= 0.3 is 0 Å². The summed E-state index contributed by atoms with van der Waals surface area (Å²) in [7, 11) is -2.85. The lowest BCUT2D eigenvalue weighted by Crippen LogP contribution is -2.39. The molecule has 4 nitrogen and oxygen atoms in total. The molecule has 0 aliphatic carbocycles. The van der Waals surface area contributed by atoms with E-state index in [-0.39, 0.29) is 5.25 Å². The Bertz CT molecular complexity index is 309. The Hall–Kier alpha value is -0.130. The van der Waals surface area contributed by atoms with Crippen LogP contribution in [-0.2, 0) is 14.6 Å². The van der Waals surface area contributed by atoms with Gasteiger partial charge in [-0.3, -0.25) is 4.90 Å². The van der Waals surface area contributed by atoms with E-state index in [9.17, 15) is 8.42 Å². The molecule has 0 N–H and O–H groups in total. The fraction of sp³-hybridized carbons (Fsp3) is 1.00.